The minimum absolute atomic E-state index is 0.215. The number of ether oxygens (including phenoxy) is 1. The average molecular weight is 299 g/mol. The van der Waals surface area contributed by atoms with Crippen LogP contribution in [0.5, 0.6) is 5.75 Å². The Kier molecular flexibility index (Phi) is 4.01. The first-order chi connectivity index (χ1) is 10.7. The molecule has 22 heavy (non-hydrogen) atoms. The Balaban J connectivity index is 1.96. The van der Waals surface area contributed by atoms with Gasteiger partial charge in [-0.1, -0.05) is 0 Å². The molecule has 0 bridgehead atoms. The van der Waals surface area contributed by atoms with Gasteiger partial charge in [0.15, 0.2) is 11.6 Å². The minimum Gasteiger partial charge on any atom is -0.494 e. The van der Waals surface area contributed by atoms with Gasteiger partial charge in [-0.3, -0.25) is 0 Å². The molecule has 0 amide bonds. The van der Waals surface area contributed by atoms with Crippen molar-refractivity contribution in [3.05, 3.63) is 35.6 Å². The number of anilines is 1. The average Bonchev–Trinajstić information content (AvgIpc) is 3.00. The molecule has 0 atom stereocenters. The Morgan fingerprint density at radius 2 is 2.00 bits per heavy atom. The molecule has 1 N–H and O–H groups in total. The van der Waals surface area contributed by atoms with Crippen LogP contribution in [0.3, 0.4) is 0 Å². The molecule has 0 aliphatic carbocycles. The van der Waals surface area contributed by atoms with Crippen molar-refractivity contribution in [2.75, 3.05) is 25.1 Å². The number of nitrogens with one attached hydrogen (secondary N) is 1. The van der Waals surface area contributed by atoms with E-state index in [9.17, 15) is 9.65 Å². The van der Waals surface area contributed by atoms with Gasteiger partial charge in [-0.15, -0.1) is 0 Å². The standard InChI is InChI=1S/C17H18FN3O/c1-22-16-6-5-12(9-14(16)18)15-10-13(11-19)17(20-15)21-7-3-2-4-8-21/h5-6,9-10,20H,2-4,7-8H2,1H3. The Labute approximate surface area is 129 Å². The number of methoxy groups -OCH3 is 1. The van der Waals surface area contributed by atoms with Crippen LogP contribution in [0.1, 0.15) is 24.8 Å². The summed E-state index contributed by atoms with van der Waals surface area (Å²) in [5.41, 5.74) is 2.06. The van der Waals surface area contributed by atoms with Crippen LogP contribution in [-0.4, -0.2) is 25.2 Å². The van der Waals surface area contributed by atoms with Gasteiger partial charge in [0.1, 0.15) is 11.9 Å². The summed E-state index contributed by atoms with van der Waals surface area (Å²) in [6, 6.07) is 8.82. The summed E-state index contributed by atoms with van der Waals surface area (Å²) in [5, 5.41) is 9.36. The third-order valence-electron chi connectivity index (χ3n) is 4.05. The van der Waals surface area contributed by atoms with E-state index in [0.717, 1.165) is 37.4 Å². The Morgan fingerprint density at radius 3 is 2.64 bits per heavy atom. The first-order valence-corrected chi connectivity index (χ1v) is 7.45. The van der Waals surface area contributed by atoms with Crippen molar-refractivity contribution in [1.82, 2.24) is 4.98 Å². The topological polar surface area (TPSA) is 52.0 Å². The third kappa shape index (κ3) is 2.64. The first kappa shape index (κ1) is 14.5. The van der Waals surface area contributed by atoms with E-state index in [1.807, 2.05) is 0 Å². The summed E-state index contributed by atoms with van der Waals surface area (Å²) in [6.45, 7) is 1.90. The van der Waals surface area contributed by atoms with Crippen LogP contribution in [0.25, 0.3) is 11.3 Å². The fraction of sp³-hybridized carbons (Fsp3) is 0.353. The molecular weight excluding hydrogens is 281 g/mol. The zero-order valence-electron chi connectivity index (χ0n) is 12.5. The van der Waals surface area contributed by atoms with Gasteiger partial charge < -0.3 is 14.6 Å². The molecule has 0 spiro atoms. The quantitative estimate of drug-likeness (QED) is 0.940. The van der Waals surface area contributed by atoms with Crippen LogP contribution < -0.4 is 9.64 Å². The Morgan fingerprint density at radius 1 is 1.23 bits per heavy atom. The molecule has 1 aromatic heterocycles. The molecule has 114 valence electrons. The van der Waals surface area contributed by atoms with Crippen molar-refractivity contribution in [2.45, 2.75) is 19.3 Å². The number of H-pyrrole nitrogens is 1. The lowest BCUT2D eigenvalue weighted by Crippen LogP contribution is -2.30. The molecule has 5 heteroatoms. The molecular formula is C17H18FN3O. The maximum atomic E-state index is 13.9. The Bertz CT molecular complexity index is 711. The van der Waals surface area contributed by atoms with Crippen molar-refractivity contribution < 1.29 is 9.13 Å². The van der Waals surface area contributed by atoms with Crippen LogP contribution in [0.2, 0.25) is 0 Å². The summed E-state index contributed by atoms with van der Waals surface area (Å²) in [7, 11) is 1.44. The second-order valence-corrected chi connectivity index (χ2v) is 5.45. The van der Waals surface area contributed by atoms with Gasteiger partial charge in [-0.2, -0.15) is 5.26 Å². The van der Waals surface area contributed by atoms with Gasteiger partial charge >= 0.3 is 0 Å². The number of piperidine rings is 1. The minimum atomic E-state index is -0.410. The molecule has 1 aliphatic heterocycles. The predicted octanol–water partition coefficient (Wildman–Crippen LogP) is 3.69. The van der Waals surface area contributed by atoms with Crippen LogP contribution in [0.15, 0.2) is 24.3 Å². The molecule has 0 saturated carbocycles. The number of nitriles is 1. The number of hydrogen-bond donors (Lipinski definition) is 1. The molecule has 1 fully saturated rings. The fourth-order valence-corrected chi connectivity index (χ4v) is 2.89. The van der Waals surface area contributed by atoms with Crippen molar-refractivity contribution in [3.8, 4) is 23.1 Å². The van der Waals surface area contributed by atoms with E-state index in [4.69, 9.17) is 4.74 Å². The molecule has 4 nitrogen and oxygen atoms in total. The van der Waals surface area contributed by atoms with Gasteiger partial charge in [-0.25, -0.2) is 4.39 Å². The number of hydrogen-bond acceptors (Lipinski definition) is 3. The SMILES string of the molecule is COc1ccc(-c2cc(C#N)c(N3CCCCC3)[nH]2)cc1F. The normalized spacial score (nSPS) is 14.7. The zero-order chi connectivity index (χ0) is 15.5. The second kappa shape index (κ2) is 6.10. The van der Waals surface area contributed by atoms with Crippen LogP contribution >= 0.6 is 0 Å². The maximum Gasteiger partial charge on any atom is 0.165 e. The van der Waals surface area contributed by atoms with Gasteiger partial charge in [-0.05, 0) is 43.5 Å². The number of nitrogens with zero attached hydrogens (tertiary/aromatic N) is 2. The molecule has 2 aromatic rings. The van der Waals surface area contributed by atoms with E-state index >= 15 is 0 Å². The summed E-state index contributed by atoms with van der Waals surface area (Å²) in [5.74, 6) is 0.646. The second-order valence-electron chi connectivity index (χ2n) is 5.45. The largest absolute Gasteiger partial charge is 0.494 e. The number of halogens is 1. The highest BCUT2D eigenvalue weighted by molar-refractivity contribution is 5.70. The molecule has 0 radical (unpaired) electrons. The lowest BCUT2D eigenvalue weighted by atomic mass is 10.1. The van der Waals surface area contributed by atoms with Gasteiger partial charge in [0, 0.05) is 24.3 Å². The van der Waals surface area contributed by atoms with Gasteiger partial charge in [0.05, 0.1) is 12.7 Å². The predicted molar refractivity (Wildman–Crippen MR) is 83.5 cm³/mol. The van der Waals surface area contributed by atoms with Crippen molar-refractivity contribution in [2.24, 2.45) is 0 Å². The van der Waals surface area contributed by atoms with E-state index < -0.39 is 5.82 Å². The van der Waals surface area contributed by atoms with E-state index in [2.05, 4.69) is 16.0 Å². The van der Waals surface area contributed by atoms with Crippen LogP contribution in [-0.2, 0) is 0 Å². The monoisotopic (exact) mass is 299 g/mol. The van der Waals surface area contributed by atoms with E-state index in [0.29, 0.717) is 11.1 Å². The van der Waals surface area contributed by atoms with E-state index in [1.165, 1.54) is 19.6 Å². The van der Waals surface area contributed by atoms with Crippen molar-refractivity contribution >= 4 is 5.82 Å². The summed E-state index contributed by atoms with van der Waals surface area (Å²) < 4.78 is 18.8. The highest BCUT2D eigenvalue weighted by atomic mass is 19.1. The zero-order valence-corrected chi connectivity index (χ0v) is 12.5. The van der Waals surface area contributed by atoms with Crippen molar-refractivity contribution in [1.29, 1.82) is 5.26 Å². The van der Waals surface area contributed by atoms with Crippen LogP contribution in [0.4, 0.5) is 10.2 Å². The highest BCUT2D eigenvalue weighted by Gasteiger charge is 2.18. The number of rotatable bonds is 3. The molecule has 2 heterocycles. The lowest BCUT2D eigenvalue weighted by molar-refractivity contribution is 0.386. The Hall–Kier alpha value is -2.48. The summed E-state index contributed by atoms with van der Waals surface area (Å²) >= 11 is 0. The maximum absolute atomic E-state index is 13.9. The van der Waals surface area contributed by atoms with E-state index in [1.54, 1.807) is 18.2 Å². The lowest BCUT2D eigenvalue weighted by Gasteiger charge is -2.27. The van der Waals surface area contributed by atoms with E-state index in [-0.39, 0.29) is 5.75 Å². The molecule has 1 saturated heterocycles. The third-order valence-corrected chi connectivity index (χ3v) is 4.05. The molecule has 3 rings (SSSR count). The molecule has 0 unspecified atom stereocenters. The number of aromatic nitrogens is 1. The number of benzene rings is 1. The fourth-order valence-electron chi connectivity index (χ4n) is 2.89. The first-order valence-electron chi connectivity index (χ1n) is 7.45. The smallest absolute Gasteiger partial charge is 0.165 e. The van der Waals surface area contributed by atoms with Gasteiger partial charge in [0.25, 0.3) is 0 Å². The van der Waals surface area contributed by atoms with Crippen LogP contribution in [0, 0.1) is 17.1 Å². The molecule has 1 aliphatic rings. The molecule has 1 aromatic carbocycles. The van der Waals surface area contributed by atoms with Crippen molar-refractivity contribution in [3.63, 3.8) is 0 Å². The van der Waals surface area contributed by atoms with Gasteiger partial charge in [0.2, 0.25) is 0 Å². The number of aromatic amines is 1. The summed E-state index contributed by atoms with van der Waals surface area (Å²) in [6.07, 6.45) is 3.50. The highest BCUT2D eigenvalue weighted by Crippen LogP contribution is 2.30. The summed E-state index contributed by atoms with van der Waals surface area (Å²) in [4.78, 5) is 5.48.